The normalized spacial score (nSPS) is 18.8. The van der Waals surface area contributed by atoms with E-state index < -0.39 is 0 Å². The molecule has 0 aromatic heterocycles. The average molecular weight is 246 g/mol. The highest BCUT2D eigenvalue weighted by Crippen LogP contribution is 2.22. The number of hydrogen-bond acceptors (Lipinski definition) is 3. The highest BCUT2D eigenvalue weighted by Gasteiger charge is 2.23. The molecule has 18 heavy (non-hydrogen) atoms. The zero-order valence-electron chi connectivity index (χ0n) is 10.8. The summed E-state index contributed by atoms with van der Waals surface area (Å²) in [5, 5.41) is 2.94. The number of rotatable bonds is 3. The molecule has 0 bridgehead atoms. The van der Waals surface area contributed by atoms with Crippen molar-refractivity contribution in [1.29, 1.82) is 0 Å². The number of aldehydes is 1. The van der Waals surface area contributed by atoms with Crippen molar-refractivity contribution in [2.45, 2.75) is 26.3 Å². The van der Waals surface area contributed by atoms with Crippen LogP contribution in [0.4, 0.5) is 5.69 Å². The van der Waals surface area contributed by atoms with Gasteiger partial charge in [-0.25, -0.2) is 0 Å². The average Bonchev–Trinajstić information content (AvgIpc) is 2.76. The Morgan fingerprint density at radius 1 is 1.50 bits per heavy atom. The molecular formula is C14H18N2O2. The van der Waals surface area contributed by atoms with E-state index in [4.69, 9.17) is 0 Å². The molecule has 4 heteroatoms. The molecule has 0 radical (unpaired) electrons. The van der Waals surface area contributed by atoms with Crippen molar-refractivity contribution >= 4 is 17.9 Å². The lowest BCUT2D eigenvalue weighted by Gasteiger charge is -2.19. The standard InChI is InChI=1S/C14H18N2O2/c1-10-7-14(4-3-12(10)9-17)16-6-5-13(8-16)15-11(2)18/h3-4,7,9,13H,5-6,8H2,1-2H3,(H,15,18). The number of anilines is 1. The molecule has 1 N–H and O–H groups in total. The Balaban J connectivity index is 2.07. The first-order chi connectivity index (χ1) is 8.60. The minimum absolute atomic E-state index is 0.0225. The molecule has 0 aliphatic carbocycles. The van der Waals surface area contributed by atoms with E-state index in [2.05, 4.69) is 10.2 Å². The van der Waals surface area contributed by atoms with E-state index in [1.807, 2.05) is 25.1 Å². The van der Waals surface area contributed by atoms with Crippen LogP contribution in [0.15, 0.2) is 18.2 Å². The van der Waals surface area contributed by atoms with Crippen molar-refractivity contribution in [2.24, 2.45) is 0 Å². The molecule has 1 aromatic rings. The van der Waals surface area contributed by atoms with Crippen LogP contribution in [0, 0.1) is 6.92 Å². The van der Waals surface area contributed by atoms with Gasteiger partial charge in [0.25, 0.3) is 0 Å². The van der Waals surface area contributed by atoms with Gasteiger partial charge in [-0.1, -0.05) is 0 Å². The number of nitrogens with one attached hydrogen (secondary N) is 1. The Kier molecular flexibility index (Phi) is 3.65. The first-order valence-corrected chi connectivity index (χ1v) is 6.18. The maximum absolute atomic E-state index is 11.0. The van der Waals surface area contributed by atoms with E-state index in [0.717, 1.165) is 42.6 Å². The number of benzene rings is 1. The summed E-state index contributed by atoms with van der Waals surface area (Å²) in [5.74, 6) is 0.0225. The molecule has 1 heterocycles. The number of aryl methyl sites for hydroxylation is 1. The summed E-state index contributed by atoms with van der Waals surface area (Å²) in [7, 11) is 0. The molecule has 1 amide bonds. The highest BCUT2D eigenvalue weighted by molar-refractivity contribution is 5.78. The van der Waals surface area contributed by atoms with Crippen molar-refractivity contribution in [3.05, 3.63) is 29.3 Å². The predicted molar refractivity (Wildman–Crippen MR) is 71.0 cm³/mol. The summed E-state index contributed by atoms with van der Waals surface area (Å²) in [6.45, 7) is 5.25. The number of hydrogen-bond donors (Lipinski definition) is 1. The van der Waals surface area contributed by atoms with E-state index in [-0.39, 0.29) is 11.9 Å². The van der Waals surface area contributed by atoms with Gasteiger partial charge in [-0.2, -0.15) is 0 Å². The second-order valence-electron chi connectivity index (χ2n) is 4.79. The summed E-state index contributed by atoms with van der Waals surface area (Å²) in [6.07, 6.45) is 1.84. The van der Waals surface area contributed by atoms with Gasteiger partial charge in [-0.05, 0) is 37.1 Å². The van der Waals surface area contributed by atoms with Gasteiger partial charge >= 0.3 is 0 Å². The second-order valence-corrected chi connectivity index (χ2v) is 4.79. The molecule has 1 unspecified atom stereocenters. The van der Waals surface area contributed by atoms with Crippen LogP contribution in [-0.4, -0.2) is 31.3 Å². The van der Waals surface area contributed by atoms with Crippen LogP contribution in [0.2, 0.25) is 0 Å². The van der Waals surface area contributed by atoms with E-state index in [1.165, 1.54) is 0 Å². The van der Waals surface area contributed by atoms with Crippen LogP contribution in [-0.2, 0) is 4.79 Å². The van der Waals surface area contributed by atoms with Gasteiger partial charge in [0.05, 0.1) is 0 Å². The first-order valence-electron chi connectivity index (χ1n) is 6.18. The number of carbonyl (C=O) groups excluding carboxylic acids is 2. The van der Waals surface area contributed by atoms with Crippen LogP contribution >= 0.6 is 0 Å². The third-order valence-electron chi connectivity index (χ3n) is 3.34. The molecule has 1 fully saturated rings. The SMILES string of the molecule is CC(=O)NC1CCN(c2ccc(C=O)c(C)c2)C1. The molecule has 0 saturated carbocycles. The van der Waals surface area contributed by atoms with Gasteiger partial charge in [-0.15, -0.1) is 0 Å². The maximum atomic E-state index is 11.0. The fraction of sp³-hybridized carbons (Fsp3) is 0.429. The van der Waals surface area contributed by atoms with Crippen LogP contribution in [0.5, 0.6) is 0 Å². The molecule has 1 aromatic carbocycles. The van der Waals surface area contributed by atoms with Gasteiger partial charge in [0.1, 0.15) is 6.29 Å². The van der Waals surface area contributed by atoms with Gasteiger partial charge in [0.2, 0.25) is 5.91 Å². The molecule has 0 spiro atoms. The molecule has 1 atom stereocenters. The fourth-order valence-corrected chi connectivity index (χ4v) is 2.39. The summed E-state index contributed by atoms with van der Waals surface area (Å²) < 4.78 is 0. The Morgan fingerprint density at radius 2 is 2.28 bits per heavy atom. The van der Waals surface area contributed by atoms with Gasteiger partial charge in [-0.3, -0.25) is 9.59 Å². The zero-order chi connectivity index (χ0) is 13.1. The van der Waals surface area contributed by atoms with Crippen LogP contribution in [0.3, 0.4) is 0 Å². The van der Waals surface area contributed by atoms with Crippen molar-refractivity contribution in [1.82, 2.24) is 5.32 Å². The first kappa shape index (κ1) is 12.6. The van der Waals surface area contributed by atoms with Gasteiger partial charge in [0, 0.05) is 37.3 Å². The highest BCUT2D eigenvalue weighted by atomic mass is 16.1. The predicted octanol–water partition coefficient (Wildman–Crippen LogP) is 1.52. The van der Waals surface area contributed by atoms with Gasteiger partial charge < -0.3 is 10.2 Å². The molecule has 1 aliphatic rings. The number of carbonyl (C=O) groups is 2. The van der Waals surface area contributed by atoms with E-state index in [9.17, 15) is 9.59 Å². The van der Waals surface area contributed by atoms with E-state index in [0.29, 0.717) is 0 Å². The second kappa shape index (κ2) is 5.21. The summed E-state index contributed by atoms with van der Waals surface area (Å²) in [6, 6.07) is 6.07. The fourth-order valence-electron chi connectivity index (χ4n) is 2.39. The zero-order valence-corrected chi connectivity index (χ0v) is 10.8. The lowest BCUT2D eigenvalue weighted by molar-refractivity contribution is -0.119. The molecule has 2 rings (SSSR count). The molecule has 4 nitrogen and oxygen atoms in total. The molecule has 1 aliphatic heterocycles. The van der Waals surface area contributed by atoms with Crippen molar-refractivity contribution in [3.63, 3.8) is 0 Å². The van der Waals surface area contributed by atoms with Gasteiger partial charge in [0.15, 0.2) is 0 Å². The van der Waals surface area contributed by atoms with Crippen LogP contribution < -0.4 is 10.2 Å². The Labute approximate surface area is 107 Å². The van der Waals surface area contributed by atoms with Crippen molar-refractivity contribution in [3.8, 4) is 0 Å². The van der Waals surface area contributed by atoms with E-state index in [1.54, 1.807) is 6.92 Å². The quantitative estimate of drug-likeness (QED) is 0.823. The smallest absolute Gasteiger partial charge is 0.217 e. The minimum atomic E-state index is 0.0225. The Bertz CT molecular complexity index is 471. The topological polar surface area (TPSA) is 49.4 Å². The van der Waals surface area contributed by atoms with Crippen LogP contribution in [0.1, 0.15) is 29.3 Å². The lowest BCUT2D eigenvalue weighted by Crippen LogP contribution is -2.35. The number of amides is 1. The number of nitrogens with zero attached hydrogens (tertiary/aromatic N) is 1. The van der Waals surface area contributed by atoms with Crippen LogP contribution in [0.25, 0.3) is 0 Å². The summed E-state index contributed by atoms with van der Waals surface area (Å²) >= 11 is 0. The summed E-state index contributed by atoms with van der Waals surface area (Å²) in [4.78, 5) is 24.0. The largest absolute Gasteiger partial charge is 0.369 e. The molecule has 96 valence electrons. The summed E-state index contributed by atoms with van der Waals surface area (Å²) in [5.41, 5.74) is 2.84. The third kappa shape index (κ3) is 2.70. The Hall–Kier alpha value is -1.84. The lowest BCUT2D eigenvalue weighted by atomic mass is 10.1. The van der Waals surface area contributed by atoms with Crippen molar-refractivity contribution in [2.75, 3.05) is 18.0 Å². The Morgan fingerprint density at radius 3 is 2.89 bits per heavy atom. The third-order valence-corrected chi connectivity index (χ3v) is 3.34. The van der Waals surface area contributed by atoms with Crippen molar-refractivity contribution < 1.29 is 9.59 Å². The monoisotopic (exact) mass is 246 g/mol. The maximum Gasteiger partial charge on any atom is 0.217 e. The minimum Gasteiger partial charge on any atom is -0.369 e. The molecule has 1 saturated heterocycles. The molecular weight excluding hydrogens is 228 g/mol. The van der Waals surface area contributed by atoms with E-state index >= 15 is 0 Å².